The van der Waals surface area contributed by atoms with Crippen molar-refractivity contribution in [1.29, 1.82) is 0 Å². The van der Waals surface area contributed by atoms with Crippen molar-refractivity contribution < 1.29 is 12.8 Å². The molecule has 200 valence electrons. The highest BCUT2D eigenvalue weighted by Gasteiger charge is 2.80. The van der Waals surface area contributed by atoms with Crippen molar-refractivity contribution in [3.8, 4) is 0 Å². The minimum atomic E-state index is -3.62. The molecule has 4 nitrogen and oxygen atoms in total. The zero-order valence-corrected chi connectivity index (χ0v) is 25.5. The molecule has 37 heavy (non-hydrogen) atoms. The lowest BCUT2D eigenvalue weighted by molar-refractivity contribution is 0.261. The summed E-state index contributed by atoms with van der Waals surface area (Å²) < 4.78 is 37.1. The highest BCUT2D eigenvalue weighted by molar-refractivity contribution is 7.89. The highest BCUT2D eigenvalue weighted by Crippen LogP contribution is 2.78. The Bertz CT molecular complexity index is 1280. The van der Waals surface area contributed by atoms with E-state index in [1.54, 1.807) is 16.4 Å². The minimum absolute atomic E-state index is 0.0658. The van der Waals surface area contributed by atoms with Gasteiger partial charge in [0, 0.05) is 29.3 Å². The molecule has 1 spiro atoms. The van der Waals surface area contributed by atoms with Crippen molar-refractivity contribution >= 4 is 18.3 Å². The smallest absolute Gasteiger partial charge is 0.258 e. The lowest BCUT2D eigenvalue weighted by Gasteiger charge is -2.44. The van der Waals surface area contributed by atoms with Crippen LogP contribution in [0, 0.1) is 18.3 Å². The standard InChI is InChI=1S/C31H43NO3SSi/c1-21(2)37(22(3)4,23(5)6)35-28-18-30(26-12-10-9-11-13-26)19-31(30)20-32(25(8)29(28)31)36(33,34)27-16-14-24(7)15-17-27/h9-18,21-23,25,29H,19-20H2,1-8H3/t25-,29+,30-,31+/m1/s1. The average molecular weight is 538 g/mol. The minimum Gasteiger partial charge on any atom is -0.546 e. The van der Waals surface area contributed by atoms with Crippen LogP contribution in [0.5, 0.6) is 0 Å². The molecule has 6 heteroatoms. The Labute approximate surface area is 225 Å². The van der Waals surface area contributed by atoms with Crippen LogP contribution in [0.4, 0.5) is 0 Å². The van der Waals surface area contributed by atoms with Crippen LogP contribution in [0.2, 0.25) is 16.6 Å². The molecule has 0 amide bonds. The molecule has 2 aromatic carbocycles. The van der Waals surface area contributed by atoms with E-state index in [0.29, 0.717) is 28.1 Å². The number of sulfonamides is 1. The first-order valence-electron chi connectivity index (χ1n) is 13.9. The topological polar surface area (TPSA) is 46.6 Å². The molecule has 3 aliphatic rings. The van der Waals surface area contributed by atoms with Crippen molar-refractivity contribution in [2.45, 2.75) is 94.8 Å². The van der Waals surface area contributed by atoms with Crippen LogP contribution in [0.1, 0.15) is 66.0 Å². The molecular formula is C31H43NO3SSi. The molecule has 0 unspecified atom stereocenters. The third-order valence-corrected chi connectivity index (χ3v) is 17.9. The number of allylic oxidation sites excluding steroid dienone is 1. The Hall–Kier alpha value is -1.89. The molecule has 1 heterocycles. The second-order valence-electron chi connectivity index (χ2n) is 12.7. The third kappa shape index (κ3) is 3.65. The van der Waals surface area contributed by atoms with Gasteiger partial charge in [0.15, 0.2) is 0 Å². The van der Waals surface area contributed by atoms with Crippen LogP contribution >= 0.6 is 0 Å². The molecule has 2 aromatic rings. The van der Waals surface area contributed by atoms with Crippen molar-refractivity contribution in [1.82, 2.24) is 4.31 Å². The fraction of sp³-hybridized carbons (Fsp3) is 0.548. The fourth-order valence-electron chi connectivity index (χ4n) is 8.23. The summed E-state index contributed by atoms with van der Waals surface area (Å²) in [7, 11) is -5.82. The molecule has 0 bridgehead atoms. The van der Waals surface area contributed by atoms with Gasteiger partial charge in [-0.3, -0.25) is 0 Å². The van der Waals surface area contributed by atoms with Crippen LogP contribution in [0.25, 0.3) is 0 Å². The van der Waals surface area contributed by atoms with E-state index in [9.17, 15) is 8.42 Å². The van der Waals surface area contributed by atoms with Crippen molar-refractivity contribution in [3.63, 3.8) is 0 Å². The Morgan fingerprint density at radius 2 is 1.49 bits per heavy atom. The molecule has 0 N–H and O–H groups in total. The summed E-state index contributed by atoms with van der Waals surface area (Å²) in [4.78, 5) is 0.383. The van der Waals surface area contributed by atoms with E-state index in [4.69, 9.17) is 4.43 Å². The van der Waals surface area contributed by atoms with Crippen LogP contribution in [-0.4, -0.2) is 33.6 Å². The van der Waals surface area contributed by atoms with E-state index >= 15 is 0 Å². The van der Waals surface area contributed by atoms with Gasteiger partial charge < -0.3 is 4.43 Å². The van der Waals surface area contributed by atoms with Crippen LogP contribution in [0.15, 0.2) is 71.3 Å². The quantitative estimate of drug-likeness (QED) is 0.329. The largest absolute Gasteiger partial charge is 0.546 e. The normalized spacial score (nSPS) is 29.5. The lowest BCUT2D eigenvalue weighted by atomic mass is 9.84. The van der Waals surface area contributed by atoms with E-state index < -0.39 is 18.3 Å². The fourth-order valence-corrected chi connectivity index (χ4v) is 15.2. The van der Waals surface area contributed by atoms with Gasteiger partial charge in [0.05, 0.1) is 10.7 Å². The SMILES string of the molecule is Cc1ccc(S(=O)(=O)N2C[C@]34C[C@@]3(c3ccccc3)C=C(O[Si](C(C)C)(C(C)C)C(C)C)[C@@H]4[C@H]2C)cc1. The first-order valence-corrected chi connectivity index (χ1v) is 17.5. The monoisotopic (exact) mass is 537 g/mol. The van der Waals surface area contributed by atoms with Crippen LogP contribution in [-0.2, 0) is 19.9 Å². The Balaban J connectivity index is 1.61. The van der Waals surface area contributed by atoms with Crippen molar-refractivity contribution in [3.05, 3.63) is 77.6 Å². The molecule has 4 atom stereocenters. The molecule has 2 aliphatic carbocycles. The Morgan fingerprint density at radius 3 is 2.03 bits per heavy atom. The van der Waals surface area contributed by atoms with E-state index in [0.717, 1.165) is 17.7 Å². The summed E-state index contributed by atoms with van der Waals surface area (Å²) in [5, 5.41) is 0. The van der Waals surface area contributed by atoms with E-state index in [2.05, 4.69) is 84.9 Å². The maximum Gasteiger partial charge on any atom is 0.258 e. The van der Waals surface area contributed by atoms with Gasteiger partial charge in [-0.25, -0.2) is 8.42 Å². The summed E-state index contributed by atoms with van der Waals surface area (Å²) >= 11 is 0. The summed E-state index contributed by atoms with van der Waals surface area (Å²) in [6.45, 7) is 18.5. The molecule has 5 rings (SSSR count). The van der Waals surface area contributed by atoms with Gasteiger partial charge in [-0.15, -0.1) is 0 Å². The molecule has 1 saturated heterocycles. The lowest BCUT2D eigenvalue weighted by Crippen LogP contribution is -2.48. The summed E-state index contributed by atoms with van der Waals surface area (Å²) in [5.41, 5.74) is 3.41. The average Bonchev–Trinajstić information content (AvgIpc) is 3.23. The number of hydrogen-bond donors (Lipinski definition) is 0. The second kappa shape index (κ2) is 8.82. The number of nitrogens with zero attached hydrogens (tertiary/aromatic N) is 1. The summed E-state index contributed by atoms with van der Waals surface area (Å²) in [6, 6.07) is 17.8. The maximum atomic E-state index is 14.0. The zero-order valence-electron chi connectivity index (χ0n) is 23.7. The van der Waals surface area contributed by atoms with Gasteiger partial charge in [0.25, 0.3) is 8.32 Å². The Morgan fingerprint density at radius 1 is 0.919 bits per heavy atom. The number of benzene rings is 2. The number of aryl methyl sites for hydroxylation is 1. The predicted molar refractivity (Wildman–Crippen MR) is 153 cm³/mol. The van der Waals surface area contributed by atoms with E-state index in [1.807, 2.05) is 19.1 Å². The van der Waals surface area contributed by atoms with Crippen LogP contribution in [0.3, 0.4) is 0 Å². The van der Waals surface area contributed by atoms with Gasteiger partial charge in [-0.2, -0.15) is 4.31 Å². The third-order valence-electron chi connectivity index (χ3n) is 9.94. The van der Waals surface area contributed by atoms with Crippen molar-refractivity contribution in [2.75, 3.05) is 6.54 Å². The highest BCUT2D eigenvalue weighted by atomic mass is 32.2. The molecule has 2 fully saturated rings. The molecule has 0 aromatic heterocycles. The molecular weight excluding hydrogens is 494 g/mol. The van der Waals surface area contributed by atoms with Crippen LogP contribution < -0.4 is 0 Å². The van der Waals surface area contributed by atoms with E-state index in [1.165, 1.54) is 5.56 Å². The van der Waals surface area contributed by atoms with Gasteiger partial charge in [-0.1, -0.05) is 89.6 Å². The zero-order chi connectivity index (χ0) is 27.0. The first kappa shape index (κ1) is 26.7. The number of hydrogen-bond acceptors (Lipinski definition) is 3. The number of rotatable bonds is 8. The van der Waals surface area contributed by atoms with Gasteiger partial charge >= 0.3 is 0 Å². The predicted octanol–water partition coefficient (Wildman–Crippen LogP) is 7.42. The summed E-state index contributed by atoms with van der Waals surface area (Å²) in [6.07, 6.45) is 3.40. The molecule has 0 radical (unpaired) electrons. The second-order valence-corrected chi connectivity index (χ2v) is 20.0. The molecule has 1 saturated carbocycles. The summed E-state index contributed by atoms with van der Waals surface area (Å²) in [5.74, 6) is 1.13. The maximum absolute atomic E-state index is 14.0. The van der Waals surface area contributed by atoms with Gasteiger partial charge in [0.2, 0.25) is 10.0 Å². The molecule has 1 aliphatic heterocycles. The van der Waals surface area contributed by atoms with Gasteiger partial charge in [0.1, 0.15) is 0 Å². The first-order chi connectivity index (χ1) is 17.3. The van der Waals surface area contributed by atoms with Crippen molar-refractivity contribution in [2.24, 2.45) is 11.3 Å². The Kier molecular flexibility index (Phi) is 6.36. The van der Waals surface area contributed by atoms with Gasteiger partial charge in [-0.05, 0) is 60.7 Å². The van der Waals surface area contributed by atoms with E-state index in [-0.39, 0.29) is 22.8 Å².